The van der Waals surface area contributed by atoms with Gasteiger partial charge in [0.05, 0.1) is 19.8 Å². The molecule has 0 fully saturated rings. The van der Waals surface area contributed by atoms with Crippen molar-refractivity contribution in [3.8, 4) is 0 Å². The van der Waals surface area contributed by atoms with Crippen LogP contribution in [0.4, 0.5) is 0 Å². The minimum atomic E-state index is 0.635. The van der Waals surface area contributed by atoms with Crippen molar-refractivity contribution in [1.29, 1.82) is 0 Å². The third-order valence-electron chi connectivity index (χ3n) is 1.86. The summed E-state index contributed by atoms with van der Waals surface area (Å²) in [6.45, 7) is 7.84. The SMILES string of the molecule is CCOC1=CBC(OCC)=C1OCC. The first-order valence-corrected chi connectivity index (χ1v) is 5.15. The zero-order valence-electron chi connectivity index (χ0n) is 9.13. The van der Waals surface area contributed by atoms with Crippen molar-refractivity contribution in [2.24, 2.45) is 0 Å². The van der Waals surface area contributed by atoms with Crippen LogP contribution in [0.15, 0.2) is 23.2 Å². The molecule has 0 amide bonds. The summed E-state index contributed by atoms with van der Waals surface area (Å²) in [6, 6.07) is 0. The first kappa shape index (κ1) is 11.0. The maximum Gasteiger partial charge on any atom is 0.238 e. The highest BCUT2D eigenvalue weighted by Gasteiger charge is 2.22. The minimum absolute atomic E-state index is 0.635. The molecule has 4 heteroatoms. The van der Waals surface area contributed by atoms with E-state index in [2.05, 4.69) is 0 Å². The monoisotopic (exact) mass is 196 g/mol. The van der Waals surface area contributed by atoms with Crippen LogP contribution in [0.3, 0.4) is 0 Å². The lowest BCUT2D eigenvalue weighted by Crippen LogP contribution is -2.03. The number of hydrogen-bond donors (Lipinski definition) is 0. The van der Waals surface area contributed by atoms with Crippen molar-refractivity contribution >= 4 is 7.28 Å². The van der Waals surface area contributed by atoms with E-state index in [0.717, 1.165) is 24.5 Å². The molecule has 0 N–H and O–H groups in total. The molecule has 3 nitrogen and oxygen atoms in total. The van der Waals surface area contributed by atoms with Gasteiger partial charge in [0, 0.05) is 0 Å². The second-order valence-electron chi connectivity index (χ2n) is 2.82. The van der Waals surface area contributed by atoms with Gasteiger partial charge in [-0.05, 0) is 20.8 Å². The van der Waals surface area contributed by atoms with E-state index in [9.17, 15) is 0 Å². The van der Waals surface area contributed by atoms with Gasteiger partial charge in [0.25, 0.3) is 0 Å². The van der Waals surface area contributed by atoms with Gasteiger partial charge >= 0.3 is 0 Å². The van der Waals surface area contributed by atoms with Gasteiger partial charge in [0.15, 0.2) is 11.5 Å². The van der Waals surface area contributed by atoms with E-state index in [1.807, 2.05) is 26.7 Å². The number of hydrogen-bond acceptors (Lipinski definition) is 3. The van der Waals surface area contributed by atoms with Crippen molar-refractivity contribution in [2.75, 3.05) is 19.8 Å². The van der Waals surface area contributed by atoms with E-state index < -0.39 is 0 Å². The molecule has 0 aromatic heterocycles. The van der Waals surface area contributed by atoms with Crippen molar-refractivity contribution < 1.29 is 14.2 Å². The fourth-order valence-corrected chi connectivity index (χ4v) is 1.38. The summed E-state index contributed by atoms with van der Waals surface area (Å²) in [7, 11) is 0.776. The van der Waals surface area contributed by atoms with Gasteiger partial charge in [-0.3, -0.25) is 0 Å². The number of rotatable bonds is 6. The van der Waals surface area contributed by atoms with Gasteiger partial charge in [-0.2, -0.15) is 0 Å². The van der Waals surface area contributed by atoms with Crippen molar-refractivity contribution in [3.63, 3.8) is 0 Å². The summed E-state index contributed by atoms with van der Waals surface area (Å²) in [6.07, 6.45) is 0. The van der Waals surface area contributed by atoms with Gasteiger partial charge in [-0.25, -0.2) is 0 Å². The highest BCUT2D eigenvalue weighted by atomic mass is 16.5. The molecule has 1 aliphatic heterocycles. The second kappa shape index (κ2) is 5.63. The van der Waals surface area contributed by atoms with Crippen LogP contribution in [-0.2, 0) is 14.2 Å². The van der Waals surface area contributed by atoms with Crippen molar-refractivity contribution in [1.82, 2.24) is 0 Å². The normalized spacial score (nSPS) is 14.9. The zero-order chi connectivity index (χ0) is 10.4. The molecule has 0 atom stereocenters. The van der Waals surface area contributed by atoms with Crippen LogP contribution in [0.5, 0.6) is 0 Å². The molecular formula is C10H17BO3. The van der Waals surface area contributed by atoms with Crippen LogP contribution in [0.25, 0.3) is 0 Å². The molecule has 1 heterocycles. The topological polar surface area (TPSA) is 27.7 Å². The van der Waals surface area contributed by atoms with Crippen LogP contribution in [-0.4, -0.2) is 27.1 Å². The predicted octanol–water partition coefficient (Wildman–Crippen LogP) is 1.56. The quantitative estimate of drug-likeness (QED) is 0.603. The maximum atomic E-state index is 5.49. The Morgan fingerprint density at radius 3 is 2.21 bits per heavy atom. The fourth-order valence-electron chi connectivity index (χ4n) is 1.38. The fraction of sp³-hybridized carbons (Fsp3) is 0.600. The molecular weight excluding hydrogens is 179 g/mol. The first-order valence-electron chi connectivity index (χ1n) is 5.15. The third-order valence-corrected chi connectivity index (χ3v) is 1.86. The Balaban J connectivity index is 2.69. The maximum absolute atomic E-state index is 5.49. The molecule has 0 radical (unpaired) electrons. The van der Waals surface area contributed by atoms with Crippen molar-refractivity contribution in [2.45, 2.75) is 20.8 Å². The summed E-state index contributed by atoms with van der Waals surface area (Å²) >= 11 is 0. The summed E-state index contributed by atoms with van der Waals surface area (Å²) in [5.41, 5.74) is 0.887. The first-order chi connectivity index (χ1) is 6.83. The summed E-state index contributed by atoms with van der Waals surface area (Å²) in [5.74, 6) is 3.59. The van der Waals surface area contributed by atoms with Gasteiger partial charge in [0.1, 0.15) is 5.66 Å². The average Bonchev–Trinajstić information content (AvgIpc) is 2.52. The molecule has 0 aromatic rings. The highest BCUT2D eigenvalue weighted by molar-refractivity contribution is 6.52. The highest BCUT2D eigenvalue weighted by Crippen LogP contribution is 2.23. The smallest absolute Gasteiger partial charge is 0.238 e. The van der Waals surface area contributed by atoms with E-state index >= 15 is 0 Å². The lowest BCUT2D eigenvalue weighted by molar-refractivity contribution is 0.146. The van der Waals surface area contributed by atoms with E-state index in [0.29, 0.717) is 19.8 Å². The lowest BCUT2D eigenvalue weighted by Gasteiger charge is -2.12. The Hall–Kier alpha value is -1.06. The average molecular weight is 196 g/mol. The Kier molecular flexibility index (Phi) is 4.43. The molecule has 1 aliphatic rings. The summed E-state index contributed by atoms with van der Waals surface area (Å²) in [4.78, 5) is 0. The van der Waals surface area contributed by atoms with E-state index in [1.54, 1.807) is 0 Å². The van der Waals surface area contributed by atoms with Crippen LogP contribution >= 0.6 is 0 Å². The lowest BCUT2D eigenvalue weighted by atomic mass is 9.79. The largest absolute Gasteiger partial charge is 0.504 e. The van der Waals surface area contributed by atoms with Crippen LogP contribution in [0, 0.1) is 0 Å². The zero-order valence-corrected chi connectivity index (χ0v) is 9.13. The molecule has 0 unspecified atom stereocenters. The van der Waals surface area contributed by atoms with Gasteiger partial charge in [-0.15, -0.1) is 0 Å². The van der Waals surface area contributed by atoms with Gasteiger partial charge in [0.2, 0.25) is 7.28 Å². The van der Waals surface area contributed by atoms with Crippen LogP contribution in [0.2, 0.25) is 0 Å². The molecule has 0 aliphatic carbocycles. The molecule has 0 spiro atoms. The standard InChI is InChI=1S/C10H17BO3/c1-4-12-8-7-11-10(14-6-3)9(8)13-5-2/h7,11H,4-6H2,1-3H3. The second-order valence-corrected chi connectivity index (χ2v) is 2.82. The molecule has 0 aromatic carbocycles. The third kappa shape index (κ3) is 2.47. The minimum Gasteiger partial charge on any atom is -0.504 e. The van der Waals surface area contributed by atoms with E-state index in [4.69, 9.17) is 14.2 Å². The molecule has 0 bridgehead atoms. The van der Waals surface area contributed by atoms with Gasteiger partial charge in [-0.1, -0.05) is 5.98 Å². The molecule has 78 valence electrons. The van der Waals surface area contributed by atoms with Crippen LogP contribution in [0.1, 0.15) is 20.8 Å². The van der Waals surface area contributed by atoms with Crippen LogP contribution < -0.4 is 0 Å². The molecule has 0 saturated heterocycles. The van der Waals surface area contributed by atoms with Crippen molar-refractivity contribution in [3.05, 3.63) is 23.2 Å². The Morgan fingerprint density at radius 2 is 1.64 bits per heavy atom. The summed E-state index contributed by atoms with van der Waals surface area (Å²) < 4.78 is 16.4. The Morgan fingerprint density at radius 1 is 1.00 bits per heavy atom. The van der Waals surface area contributed by atoms with E-state index in [1.165, 1.54) is 0 Å². The summed E-state index contributed by atoms with van der Waals surface area (Å²) in [5, 5.41) is 0. The Labute approximate surface area is 86.0 Å². The van der Waals surface area contributed by atoms with E-state index in [-0.39, 0.29) is 0 Å². The van der Waals surface area contributed by atoms with Gasteiger partial charge < -0.3 is 14.2 Å². The predicted molar refractivity (Wildman–Crippen MR) is 57.1 cm³/mol. The Bertz CT molecular complexity index is 246. The molecule has 14 heavy (non-hydrogen) atoms. The molecule has 1 rings (SSSR count). The molecule has 0 saturated carbocycles. The number of ether oxygens (including phenoxy) is 3.